The Kier molecular flexibility index (Phi) is 10.7. The highest BCUT2D eigenvalue weighted by Gasteiger charge is 2.52. The summed E-state index contributed by atoms with van der Waals surface area (Å²) in [6, 6.07) is -1.15. The van der Waals surface area contributed by atoms with Gasteiger partial charge in [-0.2, -0.15) is 0 Å². The summed E-state index contributed by atoms with van der Waals surface area (Å²) in [6.07, 6.45) is 1.58. The summed E-state index contributed by atoms with van der Waals surface area (Å²) >= 11 is 0. The Labute approximate surface area is 199 Å². The normalized spacial score (nSPS) is 27.6. The molecule has 2 aliphatic rings. The minimum atomic E-state index is -1.37. The van der Waals surface area contributed by atoms with Crippen molar-refractivity contribution in [2.45, 2.75) is 103 Å². The van der Waals surface area contributed by atoms with Crippen molar-refractivity contribution < 1.29 is 47.7 Å². The van der Waals surface area contributed by atoms with E-state index < -0.39 is 54.5 Å². The van der Waals surface area contributed by atoms with Crippen LogP contribution in [0.1, 0.15) is 72.6 Å². The van der Waals surface area contributed by atoms with Crippen LogP contribution in [0.25, 0.3) is 0 Å². The molecule has 1 aliphatic heterocycles. The first-order valence-electron chi connectivity index (χ1n) is 11.7. The fraction of sp³-hybridized carbons (Fsp3) is 0.783. The molecule has 1 N–H and O–H groups in total. The van der Waals surface area contributed by atoms with Gasteiger partial charge in [-0.25, -0.2) is 0 Å². The monoisotopic (exact) mass is 485 g/mol. The maximum atomic E-state index is 13.0. The molecule has 0 spiro atoms. The van der Waals surface area contributed by atoms with Gasteiger partial charge < -0.3 is 29.0 Å². The number of hydrogen-bond acceptors (Lipinski definition) is 10. The molecule has 1 saturated carbocycles. The largest absolute Gasteiger partial charge is 0.463 e. The predicted octanol–water partition coefficient (Wildman–Crippen LogP) is 1.55. The van der Waals surface area contributed by atoms with Crippen LogP contribution in [0.15, 0.2) is 0 Å². The zero-order valence-electron chi connectivity index (χ0n) is 20.2. The average Bonchev–Trinajstić information content (AvgIpc) is 2.98. The molecular formula is C23H35NO10. The molecule has 11 heteroatoms. The quantitative estimate of drug-likeness (QED) is 0.305. The number of rotatable bonds is 8. The second kappa shape index (κ2) is 13.3. The lowest BCUT2D eigenvalue weighted by molar-refractivity contribution is -0.271. The van der Waals surface area contributed by atoms with Crippen molar-refractivity contribution in [1.29, 1.82) is 0 Å². The van der Waals surface area contributed by atoms with E-state index in [2.05, 4.69) is 5.32 Å². The first-order chi connectivity index (χ1) is 16.1. The molecular weight excluding hydrogens is 450 g/mol. The lowest BCUT2D eigenvalue weighted by Gasteiger charge is -2.44. The highest BCUT2D eigenvalue weighted by molar-refractivity contribution is 5.77. The van der Waals surface area contributed by atoms with Crippen molar-refractivity contribution in [1.82, 2.24) is 5.32 Å². The lowest BCUT2D eigenvalue weighted by Crippen LogP contribution is -2.67. The van der Waals surface area contributed by atoms with E-state index in [9.17, 15) is 24.0 Å². The van der Waals surface area contributed by atoms with Gasteiger partial charge >= 0.3 is 23.9 Å². The van der Waals surface area contributed by atoms with Crippen LogP contribution in [0.2, 0.25) is 0 Å². The van der Waals surface area contributed by atoms with E-state index in [-0.39, 0.29) is 24.9 Å². The molecule has 2 fully saturated rings. The van der Waals surface area contributed by atoms with Crippen LogP contribution in [0.4, 0.5) is 0 Å². The van der Waals surface area contributed by atoms with Crippen LogP contribution in [0, 0.1) is 5.92 Å². The van der Waals surface area contributed by atoms with Crippen molar-refractivity contribution >= 4 is 29.8 Å². The Bertz CT molecular complexity index is 746. The number of amides is 1. The molecule has 34 heavy (non-hydrogen) atoms. The number of esters is 4. The third kappa shape index (κ3) is 8.92. The van der Waals surface area contributed by atoms with Crippen molar-refractivity contribution in [3.63, 3.8) is 0 Å². The summed E-state index contributed by atoms with van der Waals surface area (Å²) in [4.78, 5) is 59.8. The Morgan fingerprint density at radius 3 is 1.85 bits per heavy atom. The van der Waals surface area contributed by atoms with Gasteiger partial charge in [0.05, 0.1) is 0 Å². The van der Waals surface area contributed by atoms with Gasteiger partial charge in [-0.3, -0.25) is 24.0 Å². The maximum absolute atomic E-state index is 13.0. The zero-order valence-corrected chi connectivity index (χ0v) is 20.2. The first kappa shape index (κ1) is 27.6. The Morgan fingerprint density at radius 1 is 0.765 bits per heavy atom. The van der Waals surface area contributed by atoms with Crippen LogP contribution in [-0.2, 0) is 47.7 Å². The van der Waals surface area contributed by atoms with Gasteiger partial charge in [0.1, 0.15) is 18.8 Å². The summed E-state index contributed by atoms with van der Waals surface area (Å²) in [7, 11) is 0. The number of nitrogens with one attached hydrogen (secondary N) is 1. The van der Waals surface area contributed by atoms with E-state index in [4.69, 9.17) is 23.7 Å². The summed E-state index contributed by atoms with van der Waals surface area (Å²) in [5.74, 6) is -2.83. The van der Waals surface area contributed by atoms with E-state index in [0.717, 1.165) is 59.3 Å². The van der Waals surface area contributed by atoms with Crippen molar-refractivity contribution in [2.24, 2.45) is 5.92 Å². The van der Waals surface area contributed by atoms with Crippen LogP contribution >= 0.6 is 0 Å². The van der Waals surface area contributed by atoms with Crippen molar-refractivity contribution in [3.8, 4) is 0 Å². The van der Waals surface area contributed by atoms with Gasteiger partial charge in [0.15, 0.2) is 12.2 Å². The summed E-state index contributed by atoms with van der Waals surface area (Å²) in [5, 5.41) is 2.77. The third-order valence-corrected chi connectivity index (χ3v) is 5.76. The van der Waals surface area contributed by atoms with E-state index in [1.807, 2.05) is 0 Å². The van der Waals surface area contributed by atoms with Gasteiger partial charge in [-0.1, -0.05) is 25.7 Å². The van der Waals surface area contributed by atoms with Gasteiger partial charge in [0.2, 0.25) is 12.2 Å². The second-order valence-corrected chi connectivity index (χ2v) is 8.76. The van der Waals surface area contributed by atoms with Crippen molar-refractivity contribution in [3.05, 3.63) is 0 Å². The molecule has 1 heterocycles. The standard InChI is InChI=1S/C23H35NO10/c1-13(25)30-12-18-21(31-14(2)26)22(32-15(3)27)20(23(34-18)33-16(4)28)24-19(29)11-17-9-7-5-6-8-10-17/h17-18,20-23H,5-12H2,1-4H3,(H,24,29)/t18-,20-,21-,22-,23?/m1/s1. The molecule has 0 bridgehead atoms. The molecule has 192 valence electrons. The van der Waals surface area contributed by atoms with E-state index >= 15 is 0 Å². The Balaban J connectivity index is 2.30. The smallest absolute Gasteiger partial charge is 0.305 e. The van der Waals surface area contributed by atoms with E-state index in [1.54, 1.807) is 0 Å². The zero-order chi connectivity index (χ0) is 25.3. The molecule has 0 aromatic carbocycles. The summed E-state index contributed by atoms with van der Waals surface area (Å²) < 4.78 is 26.9. The molecule has 1 amide bonds. The molecule has 2 rings (SSSR count). The van der Waals surface area contributed by atoms with Gasteiger partial charge in [-0.15, -0.1) is 0 Å². The fourth-order valence-electron chi connectivity index (χ4n) is 4.40. The van der Waals surface area contributed by atoms with Crippen LogP contribution < -0.4 is 5.32 Å². The molecule has 0 aromatic rings. The second-order valence-electron chi connectivity index (χ2n) is 8.76. The van der Waals surface area contributed by atoms with Crippen molar-refractivity contribution in [2.75, 3.05) is 6.61 Å². The third-order valence-electron chi connectivity index (χ3n) is 5.76. The van der Waals surface area contributed by atoms with E-state index in [0.29, 0.717) is 0 Å². The van der Waals surface area contributed by atoms with Crippen LogP contribution in [0.3, 0.4) is 0 Å². The highest BCUT2D eigenvalue weighted by atomic mass is 16.7. The average molecular weight is 486 g/mol. The number of carbonyl (C=O) groups is 5. The molecule has 0 aromatic heterocycles. The SMILES string of the molecule is CC(=O)OC[C@H]1OC(OC(C)=O)[C@H](NC(=O)CC2CCCCCC2)[C@@H](OC(C)=O)[C@@H]1OC(C)=O. The number of ether oxygens (including phenoxy) is 5. The molecule has 11 nitrogen and oxygen atoms in total. The van der Waals surface area contributed by atoms with Gasteiger partial charge in [0, 0.05) is 34.1 Å². The molecule has 1 unspecified atom stereocenters. The van der Waals surface area contributed by atoms with E-state index in [1.165, 1.54) is 6.92 Å². The molecule has 1 saturated heterocycles. The fourth-order valence-corrected chi connectivity index (χ4v) is 4.40. The Hall–Kier alpha value is -2.69. The summed E-state index contributed by atoms with van der Waals surface area (Å²) in [5.41, 5.74) is 0. The molecule has 5 atom stereocenters. The Morgan fingerprint density at radius 2 is 1.32 bits per heavy atom. The van der Waals surface area contributed by atoms with Crippen LogP contribution in [0.5, 0.6) is 0 Å². The van der Waals surface area contributed by atoms with Gasteiger partial charge in [-0.05, 0) is 18.8 Å². The number of carbonyl (C=O) groups excluding carboxylic acids is 5. The minimum absolute atomic E-state index is 0.215. The minimum Gasteiger partial charge on any atom is -0.463 e. The predicted molar refractivity (Wildman–Crippen MR) is 116 cm³/mol. The maximum Gasteiger partial charge on any atom is 0.305 e. The first-order valence-corrected chi connectivity index (χ1v) is 11.7. The lowest BCUT2D eigenvalue weighted by atomic mass is 9.94. The number of hydrogen-bond donors (Lipinski definition) is 1. The summed E-state index contributed by atoms with van der Waals surface area (Å²) in [6.45, 7) is 4.31. The molecule has 0 radical (unpaired) electrons. The topological polar surface area (TPSA) is 144 Å². The van der Waals surface area contributed by atoms with Crippen LogP contribution in [-0.4, -0.2) is 67.0 Å². The van der Waals surface area contributed by atoms with Gasteiger partial charge in [0.25, 0.3) is 0 Å². The molecule has 1 aliphatic carbocycles. The highest BCUT2D eigenvalue weighted by Crippen LogP contribution is 2.29.